The van der Waals surface area contributed by atoms with Gasteiger partial charge in [0.1, 0.15) is 22.2 Å². The van der Waals surface area contributed by atoms with Gasteiger partial charge in [-0.2, -0.15) is 4.31 Å². The fourth-order valence-electron chi connectivity index (χ4n) is 1.73. The van der Waals surface area contributed by atoms with E-state index in [-0.39, 0.29) is 17.2 Å². The van der Waals surface area contributed by atoms with Gasteiger partial charge >= 0.3 is 0 Å². The second-order valence-electron chi connectivity index (χ2n) is 4.14. The molecule has 2 aromatic rings. The first-order chi connectivity index (χ1) is 9.45. The maximum Gasteiger partial charge on any atom is 0.247 e. The minimum atomic E-state index is -3.87. The molecule has 0 unspecified atom stereocenters. The first-order valence-electron chi connectivity index (χ1n) is 5.77. The molecule has 0 saturated heterocycles. The summed E-state index contributed by atoms with van der Waals surface area (Å²) in [6.45, 7) is 0.0506. The van der Waals surface area contributed by atoms with Crippen molar-refractivity contribution in [2.45, 2.75) is 11.4 Å². The summed E-state index contributed by atoms with van der Waals surface area (Å²) >= 11 is 0. The van der Waals surface area contributed by atoms with E-state index in [9.17, 15) is 12.8 Å². The molecule has 7 heteroatoms. The predicted molar refractivity (Wildman–Crippen MR) is 70.3 cm³/mol. The zero-order valence-electron chi connectivity index (χ0n) is 11.0. The van der Waals surface area contributed by atoms with E-state index in [1.807, 2.05) is 0 Å². The van der Waals surface area contributed by atoms with Crippen LogP contribution in [0.25, 0.3) is 0 Å². The van der Waals surface area contributed by atoms with E-state index in [1.54, 1.807) is 12.1 Å². The number of furan rings is 1. The lowest BCUT2D eigenvalue weighted by atomic mass is 10.3. The molecule has 2 rings (SSSR count). The molecule has 0 amide bonds. The van der Waals surface area contributed by atoms with Crippen LogP contribution in [0.5, 0.6) is 5.75 Å². The average Bonchev–Trinajstić information content (AvgIpc) is 2.91. The molecule has 0 spiro atoms. The number of hydrogen-bond acceptors (Lipinski definition) is 4. The lowest BCUT2D eigenvalue weighted by molar-refractivity contribution is 0.387. The van der Waals surface area contributed by atoms with Crippen LogP contribution in [0.4, 0.5) is 4.39 Å². The van der Waals surface area contributed by atoms with E-state index < -0.39 is 15.8 Å². The zero-order chi connectivity index (χ0) is 14.8. The number of ether oxygens (including phenoxy) is 1. The molecular formula is C13H14FNO4S. The summed E-state index contributed by atoms with van der Waals surface area (Å²) in [6, 6.07) is 6.69. The monoisotopic (exact) mass is 299 g/mol. The SMILES string of the molecule is COc1ccc(F)cc1S(=O)(=O)N(C)Cc1ccco1. The lowest BCUT2D eigenvalue weighted by Gasteiger charge is -2.17. The second kappa shape index (κ2) is 5.64. The molecule has 0 bridgehead atoms. The van der Waals surface area contributed by atoms with E-state index in [0.29, 0.717) is 5.76 Å². The Morgan fingerprint density at radius 1 is 1.35 bits per heavy atom. The molecule has 0 saturated carbocycles. The zero-order valence-corrected chi connectivity index (χ0v) is 11.9. The Kier molecular flexibility index (Phi) is 4.10. The van der Waals surface area contributed by atoms with Crippen LogP contribution < -0.4 is 4.74 Å². The molecule has 1 aromatic heterocycles. The Morgan fingerprint density at radius 3 is 2.70 bits per heavy atom. The van der Waals surface area contributed by atoms with Crippen LogP contribution >= 0.6 is 0 Å². The number of halogens is 1. The molecule has 5 nitrogen and oxygen atoms in total. The maximum atomic E-state index is 13.3. The van der Waals surface area contributed by atoms with Crippen molar-refractivity contribution in [1.29, 1.82) is 0 Å². The standard InChI is InChI=1S/C13H14FNO4S/c1-15(9-11-4-3-7-19-11)20(16,17)13-8-10(14)5-6-12(13)18-2/h3-8H,9H2,1-2H3. The van der Waals surface area contributed by atoms with E-state index >= 15 is 0 Å². The average molecular weight is 299 g/mol. The molecule has 0 aliphatic rings. The lowest BCUT2D eigenvalue weighted by Crippen LogP contribution is -2.26. The number of benzene rings is 1. The third kappa shape index (κ3) is 2.83. The van der Waals surface area contributed by atoms with Gasteiger partial charge in [0.05, 0.1) is 19.9 Å². The number of sulfonamides is 1. The van der Waals surface area contributed by atoms with Crippen LogP contribution in [0.1, 0.15) is 5.76 Å². The van der Waals surface area contributed by atoms with E-state index in [4.69, 9.17) is 9.15 Å². The highest BCUT2D eigenvalue weighted by atomic mass is 32.2. The fraction of sp³-hybridized carbons (Fsp3) is 0.231. The van der Waals surface area contributed by atoms with Crippen molar-refractivity contribution < 1.29 is 22.0 Å². The van der Waals surface area contributed by atoms with Gasteiger partial charge in [0.15, 0.2) is 0 Å². The third-order valence-electron chi connectivity index (χ3n) is 2.77. The minimum Gasteiger partial charge on any atom is -0.495 e. The molecule has 0 aliphatic carbocycles. The van der Waals surface area contributed by atoms with Crippen LogP contribution in [0.2, 0.25) is 0 Å². The summed E-state index contributed by atoms with van der Waals surface area (Å²) in [4.78, 5) is -0.214. The van der Waals surface area contributed by atoms with Gasteiger partial charge in [0.2, 0.25) is 10.0 Å². The van der Waals surface area contributed by atoms with Crippen molar-refractivity contribution in [3.63, 3.8) is 0 Å². The molecule has 0 fully saturated rings. The number of nitrogens with zero attached hydrogens (tertiary/aromatic N) is 1. The van der Waals surface area contributed by atoms with Crippen LogP contribution in [-0.2, 0) is 16.6 Å². The van der Waals surface area contributed by atoms with Gasteiger partial charge in [-0.25, -0.2) is 12.8 Å². The maximum absolute atomic E-state index is 13.3. The van der Waals surface area contributed by atoms with Crippen molar-refractivity contribution in [3.8, 4) is 5.75 Å². The molecule has 0 aliphatic heterocycles. The fourth-order valence-corrected chi connectivity index (χ4v) is 3.03. The van der Waals surface area contributed by atoms with E-state index in [1.165, 1.54) is 26.5 Å². The Balaban J connectivity index is 2.36. The van der Waals surface area contributed by atoms with Gasteiger partial charge in [-0.1, -0.05) is 0 Å². The van der Waals surface area contributed by atoms with Crippen molar-refractivity contribution >= 4 is 10.0 Å². The first kappa shape index (κ1) is 14.5. The highest BCUT2D eigenvalue weighted by molar-refractivity contribution is 7.89. The second-order valence-corrected chi connectivity index (χ2v) is 6.15. The number of hydrogen-bond donors (Lipinski definition) is 0. The molecule has 20 heavy (non-hydrogen) atoms. The Bertz CT molecular complexity index is 682. The largest absolute Gasteiger partial charge is 0.495 e. The van der Waals surface area contributed by atoms with Crippen molar-refractivity contribution in [3.05, 3.63) is 48.2 Å². The smallest absolute Gasteiger partial charge is 0.247 e. The van der Waals surface area contributed by atoms with Crippen molar-refractivity contribution in [2.24, 2.45) is 0 Å². The highest BCUT2D eigenvalue weighted by Gasteiger charge is 2.26. The molecule has 108 valence electrons. The first-order valence-corrected chi connectivity index (χ1v) is 7.21. The Hall–Kier alpha value is -1.86. The summed E-state index contributed by atoms with van der Waals surface area (Å²) in [5, 5.41) is 0. The predicted octanol–water partition coefficient (Wildman–Crippen LogP) is 2.25. The van der Waals surface area contributed by atoms with Gasteiger partial charge in [0, 0.05) is 7.05 Å². The van der Waals surface area contributed by atoms with E-state index in [2.05, 4.69) is 0 Å². The van der Waals surface area contributed by atoms with Crippen LogP contribution in [0.15, 0.2) is 45.9 Å². The Labute approximate surface area is 116 Å². The summed E-state index contributed by atoms with van der Waals surface area (Å²) in [5.41, 5.74) is 0. The Morgan fingerprint density at radius 2 is 2.10 bits per heavy atom. The van der Waals surface area contributed by atoms with Crippen LogP contribution in [0.3, 0.4) is 0 Å². The minimum absolute atomic E-state index is 0.0506. The quantitative estimate of drug-likeness (QED) is 0.849. The normalized spacial score (nSPS) is 11.8. The van der Waals surface area contributed by atoms with Gasteiger partial charge in [-0.05, 0) is 30.3 Å². The summed E-state index contributed by atoms with van der Waals surface area (Å²) in [7, 11) is -1.15. The molecule has 1 heterocycles. The van der Waals surface area contributed by atoms with E-state index in [0.717, 1.165) is 16.4 Å². The molecule has 0 N–H and O–H groups in total. The molecule has 1 aromatic carbocycles. The van der Waals surface area contributed by atoms with Gasteiger partial charge in [-0.3, -0.25) is 0 Å². The third-order valence-corrected chi connectivity index (χ3v) is 4.60. The highest BCUT2D eigenvalue weighted by Crippen LogP contribution is 2.27. The van der Waals surface area contributed by atoms with Crippen molar-refractivity contribution in [1.82, 2.24) is 4.31 Å². The van der Waals surface area contributed by atoms with Crippen molar-refractivity contribution in [2.75, 3.05) is 14.2 Å². The van der Waals surface area contributed by atoms with Crippen LogP contribution in [-0.4, -0.2) is 26.9 Å². The van der Waals surface area contributed by atoms with Gasteiger partial charge in [0.25, 0.3) is 0 Å². The number of rotatable bonds is 5. The van der Waals surface area contributed by atoms with Crippen LogP contribution in [0, 0.1) is 5.82 Å². The van der Waals surface area contributed by atoms with Gasteiger partial charge in [-0.15, -0.1) is 0 Å². The number of methoxy groups -OCH3 is 1. The summed E-state index contributed by atoms with van der Waals surface area (Å²) in [5.74, 6) is -0.0556. The van der Waals surface area contributed by atoms with Gasteiger partial charge < -0.3 is 9.15 Å². The topological polar surface area (TPSA) is 59.8 Å². The summed E-state index contributed by atoms with van der Waals surface area (Å²) in [6.07, 6.45) is 1.46. The molecule has 0 radical (unpaired) electrons. The summed E-state index contributed by atoms with van der Waals surface area (Å²) < 4.78 is 49.3. The molecular weight excluding hydrogens is 285 g/mol. The molecule has 0 atom stereocenters.